The van der Waals surface area contributed by atoms with Crippen molar-refractivity contribution in [1.29, 1.82) is 0 Å². The summed E-state index contributed by atoms with van der Waals surface area (Å²) in [5.41, 5.74) is 2.82. The molecule has 1 aromatic carbocycles. The Labute approximate surface area is 130 Å². The fourth-order valence-corrected chi connectivity index (χ4v) is 3.12. The molecule has 2 heteroatoms. The lowest BCUT2D eigenvalue weighted by Crippen LogP contribution is -2.50. The third-order valence-corrected chi connectivity index (χ3v) is 5.02. The quantitative estimate of drug-likeness (QED) is 0.877. The van der Waals surface area contributed by atoms with E-state index < -0.39 is 0 Å². The summed E-state index contributed by atoms with van der Waals surface area (Å²) in [6.45, 7) is 10.1. The van der Waals surface area contributed by atoms with E-state index in [0.717, 1.165) is 25.3 Å². The molecule has 0 radical (unpaired) electrons. The van der Waals surface area contributed by atoms with Gasteiger partial charge in [0.15, 0.2) is 0 Å². The number of rotatable bonds is 4. The van der Waals surface area contributed by atoms with Crippen molar-refractivity contribution in [3.63, 3.8) is 0 Å². The molecular formula is C19H31NO. The summed E-state index contributed by atoms with van der Waals surface area (Å²) in [5.74, 6) is 0.803. The first-order chi connectivity index (χ1) is 9.85. The third kappa shape index (κ3) is 4.31. The first-order valence-electron chi connectivity index (χ1n) is 8.30. The maximum atomic E-state index is 9.79. The zero-order valence-electron chi connectivity index (χ0n) is 14.1. The van der Waals surface area contributed by atoms with Crippen LogP contribution in [0.25, 0.3) is 0 Å². The summed E-state index contributed by atoms with van der Waals surface area (Å²) < 4.78 is 0. The van der Waals surface area contributed by atoms with Gasteiger partial charge >= 0.3 is 0 Å². The molecule has 0 aromatic heterocycles. The molecule has 1 aliphatic carbocycles. The van der Waals surface area contributed by atoms with E-state index >= 15 is 0 Å². The Morgan fingerprint density at radius 1 is 1.14 bits per heavy atom. The molecule has 0 bridgehead atoms. The number of benzene rings is 1. The summed E-state index contributed by atoms with van der Waals surface area (Å²) in [6.07, 6.45) is 4.61. The minimum absolute atomic E-state index is 0.0603. The highest BCUT2D eigenvalue weighted by molar-refractivity contribution is 5.27. The summed E-state index contributed by atoms with van der Waals surface area (Å²) in [7, 11) is 0. The molecule has 1 fully saturated rings. The molecule has 0 spiro atoms. The highest BCUT2D eigenvalue weighted by Gasteiger charge is 2.32. The Bertz CT molecular complexity index is 436. The van der Waals surface area contributed by atoms with Crippen molar-refractivity contribution in [3.05, 3.63) is 35.4 Å². The van der Waals surface area contributed by atoms with Gasteiger partial charge in [-0.2, -0.15) is 0 Å². The standard InChI is InChI=1S/C19H31NO/c1-15-9-11-19(14-21,12-10-15)20-13-16-5-7-17(8-6-16)18(2,3)4/h5-8,15,20-21H,9-14H2,1-4H3. The van der Waals surface area contributed by atoms with Crippen LogP contribution < -0.4 is 5.32 Å². The fraction of sp³-hybridized carbons (Fsp3) is 0.684. The van der Waals surface area contributed by atoms with Gasteiger partial charge < -0.3 is 10.4 Å². The Balaban J connectivity index is 1.95. The number of nitrogens with one attached hydrogen (secondary N) is 1. The zero-order valence-corrected chi connectivity index (χ0v) is 14.1. The normalized spacial score (nSPS) is 26.8. The van der Waals surface area contributed by atoms with Gasteiger partial charge in [0.2, 0.25) is 0 Å². The molecule has 0 atom stereocenters. The van der Waals surface area contributed by atoms with Crippen LogP contribution in [-0.4, -0.2) is 17.3 Å². The maximum absolute atomic E-state index is 9.79. The molecule has 1 saturated carbocycles. The first kappa shape index (κ1) is 16.5. The highest BCUT2D eigenvalue weighted by atomic mass is 16.3. The van der Waals surface area contributed by atoms with Crippen molar-refractivity contribution < 1.29 is 5.11 Å². The van der Waals surface area contributed by atoms with E-state index in [-0.39, 0.29) is 17.6 Å². The van der Waals surface area contributed by atoms with Crippen molar-refractivity contribution in [1.82, 2.24) is 5.32 Å². The van der Waals surface area contributed by atoms with Crippen molar-refractivity contribution in [2.24, 2.45) is 5.92 Å². The van der Waals surface area contributed by atoms with Crippen LogP contribution in [0.2, 0.25) is 0 Å². The molecule has 0 aliphatic heterocycles. The predicted octanol–water partition coefficient (Wildman–Crippen LogP) is 4.01. The van der Waals surface area contributed by atoms with Gasteiger partial charge in [-0.15, -0.1) is 0 Å². The number of aliphatic hydroxyl groups is 1. The van der Waals surface area contributed by atoms with Crippen LogP contribution in [-0.2, 0) is 12.0 Å². The Morgan fingerprint density at radius 3 is 2.19 bits per heavy atom. The van der Waals surface area contributed by atoms with E-state index in [2.05, 4.69) is 57.3 Å². The number of aliphatic hydroxyl groups excluding tert-OH is 1. The van der Waals surface area contributed by atoms with E-state index in [1.807, 2.05) is 0 Å². The molecular weight excluding hydrogens is 258 g/mol. The lowest BCUT2D eigenvalue weighted by atomic mass is 9.77. The van der Waals surface area contributed by atoms with E-state index in [4.69, 9.17) is 0 Å². The second kappa shape index (κ2) is 6.50. The van der Waals surface area contributed by atoms with Crippen molar-refractivity contribution in [2.45, 2.75) is 70.9 Å². The monoisotopic (exact) mass is 289 g/mol. The topological polar surface area (TPSA) is 32.3 Å². The van der Waals surface area contributed by atoms with Crippen LogP contribution in [0, 0.1) is 5.92 Å². The molecule has 0 amide bonds. The highest BCUT2D eigenvalue weighted by Crippen LogP contribution is 2.32. The molecule has 1 aliphatic rings. The van der Waals surface area contributed by atoms with Gasteiger partial charge in [0.1, 0.15) is 0 Å². The Morgan fingerprint density at radius 2 is 1.71 bits per heavy atom. The van der Waals surface area contributed by atoms with Gasteiger partial charge in [0.25, 0.3) is 0 Å². The maximum Gasteiger partial charge on any atom is 0.0613 e. The minimum atomic E-state index is -0.0603. The van der Waals surface area contributed by atoms with Crippen molar-refractivity contribution in [2.75, 3.05) is 6.61 Å². The van der Waals surface area contributed by atoms with Crippen molar-refractivity contribution >= 4 is 0 Å². The molecule has 118 valence electrons. The van der Waals surface area contributed by atoms with Crippen LogP contribution in [0.3, 0.4) is 0 Å². The number of hydrogen-bond acceptors (Lipinski definition) is 2. The van der Waals surface area contributed by atoms with Gasteiger partial charge in [-0.3, -0.25) is 0 Å². The average Bonchev–Trinajstić information content (AvgIpc) is 2.47. The molecule has 0 heterocycles. The largest absolute Gasteiger partial charge is 0.394 e. The smallest absolute Gasteiger partial charge is 0.0613 e. The minimum Gasteiger partial charge on any atom is -0.394 e. The second-order valence-electron chi connectivity index (χ2n) is 7.92. The molecule has 21 heavy (non-hydrogen) atoms. The summed E-state index contributed by atoms with van der Waals surface area (Å²) in [6, 6.07) is 8.88. The van der Waals surface area contributed by atoms with Gasteiger partial charge in [-0.05, 0) is 48.1 Å². The van der Waals surface area contributed by atoms with Gasteiger partial charge in [0.05, 0.1) is 6.61 Å². The fourth-order valence-electron chi connectivity index (χ4n) is 3.12. The summed E-state index contributed by atoms with van der Waals surface area (Å²) in [5, 5.41) is 13.4. The van der Waals surface area contributed by atoms with Crippen molar-refractivity contribution in [3.8, 4) is 0 Å². The number of hydrogen-bond donors (Lipinski definition) is 2. The first-order valence-corrected chi connectivity index (χ1v) is 8.30. The predicted molar refractivity (Wildman–Crippen MR) is 89.4 cm³/mol. The molecule has 2 rings (SSSR count). The molecule has 1 aromatic rings. The Hall–Kier alpha value is -0.860. The van der Waals surface area contributed by atoms with E-state index in [1.54, 1.807) is 0 Å². The lowest BCUT2D eigenvalue weighted by molar-refractivity contribution is 0.104. The average molecular weight is 289 g/mol. The molecule has 0 unspecified atom stereocenters. The van der Waals surface area contributed by atoms with E-state index in [9.17, 15) is 5.11 Å². The SMILES string of the molecule is CC1CCC(CO)(NCc2ccc(C(C)(C)C)cc2)CC1. The van der Waals surface area contributed by atoms with Crippen LogP contribution >= 0.6 is 0 Å². The molecule has 0 saturated heterocycles. The zero-order chi connectivity index (χ0) is 15.5. The van der Waals surface area contributed by atoms with Crippen LogP contribution in [0.5, 0.6) is 0 Å². The summed E-state index contributed by atoms with van der Waals surface area (Å²) in [4.78, 5) is 0. The Kier molecular flexibility index (Phi) is 5.11. The summed E-state index contributed by atoms with van der Waals surface area (Å²) >= 11 is 0. The lowest BCUT2D eigenvalue weighted by Gasteiger charge is -2.39. The van der Waals surface area contributed by atoms with Gasteiger partial charge in [-0.1, -0.05) is 52.0 Å². The molecule has 2 nitrogen and oxygen atoms in total. The van der Waals surface area contributed by atoms with Gasteiger partial charge in [-0.25, -0.2) is 0 Å². The van der Waals surface area contributed by atoms with Crippen LogP contribution in [0.4, 0.5) is 0 Å². The second-order valence-corrected chi connectivity index (χ2v) is 7.92. The van der Waals surface area contributed by atoms with E-state index in [0.29, 0.717) is 0 Å². The van der Waals surface area contributed by atoms with E-state index in [1.165, 1.54) is 24.0 Å². The van der Waals surface area contributed by atoms with Crippen LogP contribution in [0.15, 0.2) is 24.3 Å². The van der Waals surface area contributed by atoms with Gasteiger partial charge in [0, 0.05) is 12.1 Å². The van der Waals surface area contributed by atoms with Crippen LogP contribution in [0.1, 0.15) is 64.5 Å². The third-order valence-electron chi connectivity index (χ3n) is 5.02. The molecule has 2 N–H and O–H groups in total.